The summed E-state index contributed by atoms with van der Waals surface area (Å²) in [5.74, 6) is 0.749. The van der Waals surface area contributed by atoms with Gasteiger partial charge in [0.05, 0.1) is 17.5 Å². The van der Waals surface area contributed by atoms with Crippen molar-refractivity contribution in [3.8, 4) is 11.5 Å². The monoisotopic (exact) mass is 284 g/mol. The topological polar surface area (TPSA) is 54.0 Å². The number of benzene rings is 1. The molecular weight excluding hydrogens is 272 g/mol. The first-order chi connectivity index (χ1) is 9.24. The molecule has 19 heavy (non-hydrogen) atoms. The molecule has 0 N–H and O–H groups in total. The molecule has 0 amide bonds. The van der Waals surface area contributed by atoms with Crippen LogP contribution in [0.25, 0.3) is 0 Å². The summed E-state index contributed by atoms with van der Waals surface area (Å²) in [6.45, 7) is 1.40. The molecular formula is C13H13ClO5. The Morgan fingerprint density at radius 1 is 1.42 bits per heavy atom. The van der Waals surface area contributed by atoms with E-state index in [0.717, 1.165) is 12.0 Å². The molecule has 0 bridgehead atoms. The highest BCUT2D eigenvalue weighted by Crippen LogP contribution is 2.39. The van der Waals surface area contributed by atoms with Gasteiger partial charge in [-0.15, -0.1) is 0 Å². The molecule has 0 radical (unpaired) electrons. The average Bonchev–Trinajstić information content (AvgIpc) is 3.06. The van der Waals surface area contributed by atoms with Gasteiger partial charge in [-0.25, -0.2) is 0 Å². The van der Waals surface area contributed by atoms with E-state index in [1.54, 1.807) is 12.1 Å². The minimum Gasteiger partial charge on any atom is -0.461 e. The van der Waals surface area contributed by atoms with Crippen molar-refractivity contribution in [2.24, 2.45) is 5.92 Å². The number of hydrogen-bond acceptors (Lipinski definition) is 5. The van der Waals surface area contributed by atoms with Crippen molar-refractivity contribution >= 4 is 17.6 Å². The molecule has 0 aliphatic carbocycles. The molecule has 1 unspecified atom stereocenters. The minimum absolute atomic E-state index is 0.149. The van der Waals surface area contributed by atoms with E-state index in [1.807, 2.05) is 0 Å². The van der Waals surface area contributed by atoms with E-state index in [1.165, 1.54) is 0 Å². The van der Waals surface area contributed by atoms with Gasteiger partial charge in [0.2, 0.25) is 6.79 Å². The van der Waals surface area contributed by atoms with E-state index < -0.39 is 0 Å². The van der Waals surface area contributed by atoms with E-state index in [9.17, 15) is 4.79 Å². The molecule has 2 aliphatic heterocycles. The molecule has 2 heterocycles. The van der Waals surface area contributed by atoms with Gasteiger partial charge in [0.25, 0.3) is 0 Å². The van der Waals surface area contributed by atoms with Gasteiger partial charge in [0, 0.05) is 6.61 Å². The molecule has 0 aromatic heterocycles. The summed E-state index contributed by atoms with van der Waals surface area (Å²) < 4.78 is 20.9. The lowest BCUT2D eigenvalue weighted by atomic mass is 10.1. The molecule has 6 heteroatoms. The second-order valence-corrected chi connectivity index (χ2v) is 4.89. The molecule has 0 saturated carbocycles. The zero-order valence-corrected chi connectivity index (χ0v) is 10.9. The summed E-state index contributed by atoms with van der Waals surface area (Å²) >= 11 is 6.05. The quantitative estimate of drug-likeness (QED) is 0.796. The van der Waals surface area contributed by atoms with Gasteiger partial charge in [0.1, 0.15) is 6.61 Å². The number of carbonyl (C=O) groups excluding carboxylic acids is 1. The summed E-state index contributed by atoms with van der Waals surface area (Å²) in [5, 5.41) is 0.463. The fourth-order valence-corrected chi connectivity index (χ4v) is 2.38. The van der Waals surface area contributed by atoms with E-state index >= 15 is 0 Å². The Bertz CT molecular complexity index is 496. The molecule has 1 aromatic rings. The zero-order valence-electron chi connectivity index (χ0n) is 10.2. The van der Waals surface area contributed by atoms with Crippen molar-refractivity contribution in [2.45, 2.75) is 13.0 Å². The number of esters is 1. The van der Waals surface area contributed by atoms with Crippen LogP contribution in [-0.4, -0.2) is 26.0 Å². The van der Waals surface area contributed by atoms with Gasteiger partial charge in [0.15, 0.2) is 11.5 Å². The van der Waals surface area contributed by atoms with E-state index in [2.05, 4.69) is 0 Å². The maximum Gasteiger partial charge on any atom is 0.311 e. The Balaban J connectivity index is 1.64. The summed E-state index contributed by atoms with van der Waals surface area (Å²) in [6, 6.07) is 3.49. The molecule has 1 aromatic carbocycles. The standard InChI is InChI=1S/C13H13ClO5/c14-10-3-8(4-11-12(10)19-7-18-11)5-17-13(15)9-1-2-16-6-9/h3-4,9H,1-2,5-7H2. The first-order valence-corrected chi connectivity index (χ1v) is 6.44. The predicted octanol–water partition coefficient (Wildman–Crippen LogP) is 2.15. The van der Waals surface area contributed by atoms with Crippen LogP contribution >= 0.6 is 11.6 Å². The van der Waals surface area contributed by atoms with Crippen LogP contribution in [0.15, 0.2) is 12.1 Å². The van der Waals surface area contributed by atoms with Crippen molar-refractivity contribution in [3.63, 3.8) is 0 Å². The van der Waals surface area contributed by atoms with Crippen LogP contribution < -0.4 is 9.47 Å². The number of rotatable bonds is 3. The third-order valence-electron chi connectivity index (χ3n) is 3.13. The molecule has 5 nitrogen and oxygen atoms in total. The van der Waals surface area contributed by atoms with Gasteiger partial charge < -0.3 is 18.9 Å². The summed E-state index contributed by atoms with van der Waals surface area (Å²) in [5.41, 5.74) is 0.779. The summed E-state index contributed by atoms with van der Waals surface area (Å²) in [4.78, 5) is 11.7. The van der Waals surface area contributed by atoms with Crippen LogP contribution in [0.4, 0.5) is 0 Å². The average molecular weight is 285 g/mol. The zero-order chi connectivity index (χ0) is 13.2. The molecule has 3 rings (SSSR count). The summed E-state index contributed by atoms with van der Waals surface area (Å²) in [7, 11) is 0. The SMILES string of the molecule is O=C(OCc1cc(Cl)c2c(c1)OCO2)C1CCOC1. The Kier molecular flexibility index (Phi) is 3.48. The number of hydrogen-bond donors (Lipinski definition) is 0. The number of fused-ring (bicyclic) bond motifs is 1. The Morgan fingerprint density at radius 2 is 2.32 bits per heavy atom. The highest BCUT2D eigenvalue weighted by molar-refractivity contribution is 6.32. The van der Waals surface area contributed by atoms with Gasteiger partial charge in [-0.3, -0.25) is 4.79 Å². The first-order valence-electron chi connectivity index (χ1n) is 6.06. The van der Waals surface area contributed by atoms with E-state index in [-0.39, 0.29) is 25.3 Å². The van der Waals surface area contributed by atoms with E-state index in [0.29, 0.717) is 29.7 Å². The van der Waals surface area contributed by atoms with Crippen LogP contribution in [0.3, 0.4) is 0 Å². The maximum atomic E-state index is 11.7. The first kappa shape index (κ1) is 12.6. The highest BCUT2D eigenvalue weighted by Gasteiger charge is 2.25. The smallest absolute Gasteiger partial charge is 0.311 e. The fourth-order valence-electron chi connectivity index (χ4n) is 2.10. The molecule has 1 atom stereocenters. The third-order valence-corrected chi connectivity index (χ3v) is 3.41. The number of ether oxygens (including phenoxy) is 4. The Labute approximate surface area is 115 Å². The molecule has 102 valence electrons. The normalized spacial score (nSPS) is 20.6. The second kappa shape index (κ2) is 5.27. The Hall–Kier alpha value is -1.46. The van der Waals surface area contributed by atoms with Crippen molar-refractivity contribution in [1.29, 1.82) is 0 Å². The molecule has 2 aliphatic rings. The van der Waals surface area contributed by atoms with E-state index in [4.69, 9.17) is 30.5 Å². The lowest BCUT2D eigenvalue weighted by Gasteiger charge is -2.09. The lowest BCUT2D eigenvalue weighted by Crippen LogP contribution is -2.17. The lowest BCUT2D eigenvalue weighted by molar-refractivity contribution is -0.149. The number of halogens is 1. The highest BCUT2D eigenvalue weighted by atomic mass is 35.5. The Morgan fingerprint density at radius 3 is 3.11 bits per heavy atom. The number of carbonyl (C=O) groups is 1. The van der Waals surface area contributed by atoms with Crippen LogP contribution in [0.5, 0.6) is 11.5 Å². The van der Waals surface area contributed by atoms with Crippen molar-refractivity contribution in [2.75, 3.05) is 20.0 Å². The molecule has 1 fully saturated rings. The van der Waals surface area contributed by atoms with Crippen LogP contribution in [-0.2, 0) is 20.9 Å². The van der Waals surface area contributed by atoms with Gasteiger partial charge in [-0.05, 0) is 24.1 Å². The second-order valence-electron chi connectivity index (χ2n) is 4.48. The van der Waals surface area contributed by atoms with Crippen LogP contribution in [0.2, 0.25) is 5.02 Å². The summed E-state index contributed by atoms with van der Waals surface area (Å²) in [6.07, 6.45) is 0.723. The molecule has 1 saturated heterocycles. The molecule has 0 spiro atoms. The van der Waals surface area contributed by atoms with Gasteiger partial charge >= 0.3 is 5.97 Å². The largest absolute Gasteiger partial charge is 0.461 e. The maximum absolute atomic E-state index is 11.7. The van der Waals surface area contributed by atoms with Crippen molar-refractivity contribution in [3.05, 3.63) is 22.7 Å². The van der Waals surface area contributed by atoms with Crippen LogP contribution in [0.1, 0.15) is 12.0 Å². The van der Waals surface area contributed by atoms with Gasteiger partial charge in [-0.2, -0.15) is 0 Å². The third kappa shape index (κ3) is 2.62. The fraction of sp³-hybridized carbons (Fsp3) is 0.462. The van der Waals surface area contributed by atoms with Crippen molar-refractivity contribution in [1.82, 2.24) is 0 Å². The predicted molar refractivity (Wildman–Crippen MR) is 66.3 cm³/mol. The van der Waals surface area contributed by atoms with Crippen molar-refractivity contribution < 1.29 is 23.7 Å². The van der Waals surface area contributed by atoms with Gasteiger partial charge in [-0.1, -0.05) is 11.6 Å². The van der Waals surface area contributed by atoms with Crippen LogP contribution in [0, 0.1) is 5.92 Å². The minimum atomic E-state index is -0.230.